The molecule has 1 aromatic carbocycles. The summed E-state index contributed by atoms with van der Waals surface area (Å²) < 4.78 is 5.22. The van der Waals surface area contributed by atoms with Crippen LogP contribution in [0.5, 0.6) is 5.75 Å². The van der Waals surface area contributed by atoms with Gasteiger partial charge in [0.1, 0.15) is 5.75 Å². The van der Waals surface area contributed by atoms with Crippen LogP contribution in [0.2, 0.25) is 0 Å². The van der Waals surface area contributed by atoms with E-state index in [1.807, 2.05) is 25.1 Å². The molecule has 0 aliphatic rings. The molecule has 0 bridgehead atoms. The van der Waals surface area contributed by atoms with E-state index in [9.17, 15) is 4.79 Å². The van der Waals surface area contributed by atoms with Crippen molar-refractivity contribution >= 4 is 17.5 Å². The van der Waals surface area contributed by atoms with E-state index in [0.29, 0.717) is 17.1 Å². The second-order valence-corrected chi connectivity index (χ2v) is 4.78. The molecule has 0 unspecified atom stereocenters. The van der Waals surface area contributed by atoms with Crippen molar-refractivity contribution in [2.75, 3.05) is 18.6 Å². The number of hydrogen-bond donors (Lipinski definition) is 0. The zero-order valence-corrected chi connectivity index (χ0v) is 10.9. The van der Waals surface area contributed by atoms with E-state index in [1.54, 1.807) is 18.9 Å². The zero-order chi connectivity index (χ0) is 12.0. The summed E-state index contributed by atoms with van der Waals surface area (Å²) in [5, 5.41) is 0. The van der Waals surface area contributed by atoms with Crippen LogP contribution in [-0.2, 0) is 0 Å². The zero-order valence-electron chi connectivity index (χ0n) is 10.1. The molecule has 2 nitrogen and oxygen atoms in total. The van der Waals surface area contributed by atoms with Gasteiger partial charge in [0.05, 0.1) is 18.4 Å². The fraction of sp³-hybridized carbons (Fsp3) is 0.462. The number of carbonyl (C=O) groups is 1. The SMILES string of the molecule is CCCSCC(=O)c1ccc(C)cc1OC. The van der Waals surface area contributed by atoms with Crippen molar-refractivity contribution in [3.05, 3.63) is 29.3 Å². The normalized spacial score (nSPS) is 10.2. The number of Topliss-reactive ketones (excluding diaryl/α,β-unsaturated/α-hetero) is 1. The molecule has 1 rings (SSSR count). The predicted molar refractivity (Wildman–Crippen MR) is 69.7 cm³/mol. The Bertz CT molecular complexity index is 361. The summed E-state index contributed by atoms with van der Waals surface area (Å²) in [4.78, 5) is 11.9. The van der Waals surface area contributed by atoms with Gasteiger partial charge in [0.25, 0.3) is 0 Å². The van der Waals surface area contributed by atoms with Crippen LogP contribution >= 0.6 is 11.8 Å². The second kappa shape index (κ2) is 6.59. The molecule has 0 saturated heterocycles. The van der Waals surface area contributed by atoms with Crippen LogP contribution in [0.3, 0.4) is 0 Å². The molecule has 16 heavy (non-hydrogen) atoms. The fourth-order valence-corrected chi connectivity index (χ4v) is 2.19. The summed E-state index contributed by atoms with van der Waals surface area (Å²) in [6.45, 7) is 4.10. The minimum absolute atomic E-state index is 0.148. The molecule has 0 aliphatic heterocycles. The van der Waals surface area contributed by atoms with Crippen LogP contribution in [0.1, 0.15) is 29.3 Å². The number of methoxy groups -OCH3 is 1. The highest BCUT2D eigenvalue weighted by Crippen LogP contribution is 2.21. The highest BCUT2D eigenvalue weighted by Gasteiger charge is 2.11. The van der Waals surface area contributed by atoms with Gasteiger partial charge >= 0.3 is 0 Å². The number of thioether (sulfide) groups is 1. The molecule has 0 aliphatic carbocycles. The first kappa shape index (κ1) is 13.1. The molecule has 1 aromatic rings. The average Bonchev–Trinajstić information content (AvgIpc) is 2.29. The van der Waals surface area contributed by atoms with Gasteiger partial charge in [-0.05, 0) is 36.8 Å². The molecule has 0 fully saturated rings. The van der Waals surface area contributed by atoms with Crippen molar-refractivity contribution in [3.63, 3.8) is 0 Å². The first-order valence-electron chi connectivity index (χ1n) is 5.44. The van der Waals surface area contributed by atoms with Crippen molar-refractivity contribution in [1.82, 2.24) is 0 Å². The first-order valence-corrected chi connectivity index (χ1v) is 6.60. The van der Waals surface area contributed by atoms with Crippen LogP contribution in [0, 0.1) is 6.92 Å². The van der Waals surface area contributed by atoms with E-state index in [0.717, 1.165) is 17.7 Å². The highest BCUT2D eigenvalue weighted by atomic mass is 32.2. The fourth-order valence-electron chi connectivity index (χ4n) is 1.42. The number of benzene rings is 1. The molecule has 0 N–H and O–H groups in total. The van der Waals surface area contributed by atoms with Crippen LogP contribution in [0.15, 0.2) is 18.2 Å². The summed E-state index contributed by atoms with van der Waals surface area (Å²) in [6.07, 6.45) is 1.10. The molecule has 3 heteroatoms. The van der Waals surface area contributed by atoms with Crippen LogP contribution in [0.25, 0.3) is 0 Å². The Hall–Kier alpha value is -0.960. The molecule has 0 atom stereocenters. The van der Waals surface area contributed by atoms with Crippen LogP contribution < -0.4 is 4.74 Å². The second-order valence-electron chi connectivity index (χ2n) is 3.68. The largest absolute Gasteiger partial charge is 0.496 e. The van der Waals surface area contributed by atoms with Crippen molar-refractivity contribution in [2.24, 2.45) is 0 Å². The maximum absolute atomic E-state index is 11.9. The van der Waals surface area contributed by atoms with Gasteiger partial charge in [-0.25, -0.2) is 0 Å². The van der Waals surface area contributed by atoms with Gasteiger partial charge in [-0.3, -0.25) is 4.79 Å². The first-order chi connectivity index (χ1) is 7.69. The lowest BCUT2D eigenvalue weighted by molar-refractivity contribution is 0.101. The van der Waals surface area contributed by atoms with Crippen molar-refractivity contribution in [3.8, 4) is 5.75 Å². The quantitative estimate of drug-likeness (QED) is 0.561. The Kier molecular flexibility index (Phi) is 5.39. The standard InChI is InChI=1S/C13H18O2S/c1-4-7-16-9-12(14)11-6-5-10(2)8-13(11)15-3/h5-6,8H,4,7,9H2,1-3H3. The van der Waals surface area contributed by atoms with Crippen molar-refractivity contribution < 1.29 is 9.53 Å². The van der Waals surface area contributed by atoms with E-state index in [-0.39, 0.29) is 5.78 Å². The number of hydrogen-bond acceptors (Lipinski definition) is 3. The van der Waals surface area contributed by atoms with E-state index < -0.39 is 0 Å². The van der Waals surface area contributed by atoms with Gasteiger partial charge in [0, 0.05) is 0 Å². The summed E-state index contributed by atoms with van der Waals surface area (Å²) in [5.74, 6) is 2.39. The number of carbonyl (C=O) groups excluding carboxylic acids is 1. The minimum Gasteiger partial charge on any atom is -0.496 e. The van der Waals surface area contributed by atoms with Crippen LogP contribution in [-0.4, -0.2) is 24.4 Å². The van der Waals surface area contributed by atoms with Gasteiger partial charge in [-0.2, -0.15) is 11.8 Å². The Labute approximate surface area is 101 Å². The Balaban J connectivity index is 2.74. The van der Waals surface area contributed by atoms with E-state index in [2.05, 4.69) is 6.92 Å². The molecular weight excluding hydrogens is 220 g/mol. The molecule has 0 aromatic heterocycles. The maximum atomic E-state index is 11.9. The summed E-state index contributed by atoms with van der Waals surface area (Å²) in [6, 6.07) is 5.70. The highest BCUT2D eigenvalue weighted by molar-refractivity contribution is 7.99. The number of rotatable bonds is 6. The summed E-state index contributed by atoms with van der Waals surface area (Å²) >= 11 is 1.67. The topological polar surface area (TPSA) is 26.3 Å². The minimum atomic E-state index is 0.148. The van der Waals surface area contributed by atoms with E-state index in [4.69, 9.17) is 4.74 Å². The summed E-state index contributed by atoms with van der Waals surface area (Å²) in [7, 11) is 1.60. The molecule has 0 radical (unpaired) electrons. The molecule has 88 valence electrons. The molecular formula is C13H18O2S. The van der Waals surface area contributed by atoms with E-state index in [1.165, 1.54) is 0 Å². The third-order valence-electron chi connectivity index (χ3n) is 2.24. The lowest BCUT2D eigenvalue weighted by atomic mass is 10.1. The summed E-state index contributed by atoms with van der Waals surface area (Å²) in [5.41, 5.74) is 1.80. The number of ether oxygens (including phenoxy) is 1. The predicted octanol–water partition coefficient (Wildman–Crippen LogP) is 3.33. The maximum Gasteiger partial charge on any atom is 0.176 e. The lowest BCUT2D eigenvalue weighted by Gasteiger charge is -2.08. The Morgan fingerprint density at radius 2 is 2.19 bits per heavy atom. The third kappa shape index (κ3) is 3.56. The van der Waals surface area contributed by atoms with Gasteiger partial charge in [0.15, 0.2) is 5.78 Å². The van der Waals surface area contributed by atoms with Crippen molar-refractivity contribution in [1.29, 1.82) is 0 Å². The molecule has 0 amide bonds. The third-order valence-corrected chi connectivity index (χ3v) is 3.40. The molecule has 0 saturated carbocycles. The number of ketones is 1. The molecule has 0 heterocycles. The van der Waals surface area contributed by atoms with Crippen molar-refractivity contribution in [2.45, 2.75) is 20.3 Å². The smallest absolute Gasteiger partial charge is 0.176 e. The Morgan fingerprint density at radius 1 is 1.44 bits per heavy atom. The Morgan fingerprint density at radius 3 is 2.81 bits per heavy atom. The van der Waals surface area contributed by atoms with Gasteiger partial charge < -0.3 is 4.74 Å². The number of aryl methyl sites for hydroxylation is 1. The monoisotopic (exact) mass is 238 g/mol. The molecule has 0 spiro atoms. The van der Waals surface area contributed by atoms with E-state index >= 15 is 0 Å². The van der Waals surface area contributed by atoms with Gasteiger partial charge in [0.2, 0.25) is 0 Å². The van der Waals surface area contributed by atoms with Gasteiger partial charge in [-0.15, -0.1) is 0 Å². The lowest BCUT2D eigenvalue weighted by Crippen LogP contribution is -2.05. The van der Waals surface area contributed by atoms with Crippen LogP contribution in [0.4, 0.5) is 0 Å². The van der Waals surface area contributed by atoms with Gasteiger partial charge in [-0.1, -0.05) is 13.0 Å². The average molecular weight is 238 g/mol.